The van der Waals surface area contributed by atoms with Gasteiger partial charge in [-0.25, -0.2) is 0 Å². The Labute approximate surface area is 91.8 Å². The van der Waals surface area contributed by atoms with Crippen molar-refractivity contribution in [1.82, 2.24) is 4.90 Å². The van der Waals surface area contributed by atoms with E-state index in [2.05, 4.69) is 6.92 Å². The third-order valence-electron chi connectivity index (χ3n) is 3.61. The second kappa shape index (κ2) is 4.97. The first-order valence-corrected chi connectivity index (χ1v) is 6.17. The van der Waals surface area contributed by atoms with Gasteiger partial charge in [-0.3, -0.25) is 4.79 Å². The number of ether oxygens (including phenoxy) is 1. The molecule has 1 saturated heterocycles. The van der Waals surface area contributed by atoms with Crippen LogP contribution >= 0.6 is 0 Å². The predicted octanol–water partition coefficient (Wildman–Crippen LogP) is 1.81. The Morgan fingerprint density at radius 2 is 2.00 bits per heavy atom. The minimum absolute atomic E-state index is 0.271. The van der Waals surface area contributed by atoms with Gasteiger partial charge in [-0.2, -0.15) is 0 Å². The molecule has 1 aliphatic heterocycles. The molecule has 1 atom stereocenters. The molecule has 1 heterocycles. The van der Waals surface area contributed by atoms with Crippen molar-refractivity contribution in [2.24, 2.45) is 5.92 Å². The van der Waals surface area contributed by atoms with Crippen LogP contribution in [0.3, 0.4) is 0 Å². The predicted molar refractivity (Wildman–Crippen MR) is 58.6 cm³/mol. The van der Waals surface area contributed by atoms with E-state index in [9.17, 15) is 4.79 Å². The Bertz CT molecular complexity index is 224. The van der Waals surface area contributed by atoms with Crippen LogP contribution < -0.4 is 0 Å². The molecule has 0 bridgehead atoms. The van der Waals surface area contributed by atoms with E-state index in [1.807, 2.05) is 4.90 Å². The first kappa shape index (κ1) is 10.9. The maximum absolute atomic E-state index is 12.2. The van der Waals surface area contributed by atoms with E-state index in [4.69, 9.17) is 4.74 Å². The molecular formula is C12H21NO2. The Kier molecular flexibility index (Phi) is 3.62. The van der Waals surface area contributed by atoms with Gasteiger partial charge < -0.3 is 9.64 Å². The summed E-state index contributed by atoms with van der Waals surface area (Å²) in [5, 5.41) is 0. The van der Waals surface area contributed by atoms with Crippen molar-refractivity contribution < 1.29 is 9.53 Å². The highest BCUT2D eigenvalue weighted by Gasteiger charge is 2.30. The van der Waals surface area contributed by atoms with Crippen LogP contribution in [0.4, 0.5) is 0 Å². The average Bonchev–Trinajstić information content (AvgIpc) is 2.30. The number of carbonyl (C=O) groups is 1. The van der Waals surface area contributed by atoms with Gasteiger partial charge in [0.2, 0.25) is 5.91 Å². The van der Waals surface area contributed by atoms with Crippen LogP contribution in [0.15, 0.2) is 0 Å². The second-order valence-electron chi connectivity index (χ2n) is 4.79. The zero-order chi connectivity index (χ0) is 10.7. The van der Waals surface area contributed by atoms with Crippen molar-refractivity contribution in [1.29, 1.82) is 0 Å². The molecule has 0 radical (unpaired) electrons. The first-order chi connectivity index (χ1) is 7.29. The lowest BCUT2D eigenvalue weighted by molar-refractivity contribution is -0.144. The minimum Gasteiger partial charge on any atom is -0.377 e. The topological polar surface area (TPSA) is 29.5 Å². The lowest BCUT2D eigenvalue weighted by Crippen LogP contribution is -2.49. The molecular weight excluding hydrogens is 190 g/mol. The third kappa shape index (κ3) is 2.51. The van der Waals surface area contributed by atoms with E-state index in [1.165, 1.54) is 19.3 Å². The molecule has 0 aromatic rings. The van der Waals surface area contributed by atoms with Crippen molar-refractivity contribution >= 4 is 5.91 Å². The van der Waals surface area contributed by atoms with Crippen molar-refractivity contribution in [3.63, 3.8) is 0 Å². The highest BCUT2D eigenvalue weighted by molar-refractivity contribution is 5.79. The number of morpholine rings is 1. The van der Waals surface area contributed by atoms with E-state index >= 15 is 0 Å². The summed E-state index contributed by atoms with van der Waals surface area (Å²) in [5.74, 6) is 0.685. The van der Waals surface area contributed by atoms with E-state index in [0.29, 0.717) is 25.0 Å². The van der Waals surface area contributed by atoms with Gasteiger partial charge in [-0.1, -0.05) is 19.3 Å². The molecule has 0 spiro atoms. The summed E-state index contributed by atoms with van der Waals surface area (Å²) in [6, 6.07) is 0.271. The number of nitrogens with zero attached hydrogens (tertiary/aromatic N) is 1. The summed E-state index contributed by atoms with van der Waals surface area (Å²) in [6.07, 6.45) is 5.97. The highest BCUT2D eigenvalue weighted by atomic mass is 16.5. The second-order valence-corrected chi connectivity index (χ2v) is 4.79. The Morgan fingerprint density at radius 3 is 2.67 bits per heavy atom. The van der Waals surface area contributed by atoms with Crippen LogP contribution in [0, 0.1) is 5.92 Å². The number of amides is 1. The van der Waals surface area contributed by atoms with Gasteiger partial charge in [-0.05, 0) is 19.8 Å². The number of carbonyl (C=O) groups excluding carboxylic acids is 1. The molecule has 1 aliphatic carbocycles. The SMILES string of the molecule is CC1COCCN1C(=O)C1CCCCC1. The van der Waals surface area contributed by atoms with Gasteiger partial charge >= 0.3 is 0 Å². The van der Waals surface area contributed by atoms with Crippen molar-refractivity contribution in [2.45, 2.75) is 45.1 Å². The van der Waals surface area contributed by atoms with Gasteiger partial charge in [-0.15, -0.1) is 0 Å². The lowest BCUT2D eigenvalue weighted by Gasteiger charge is -2.36. The van der Waals surface area contributed by atoms with Gasteiger partial charge in [0.25, 0.3) is 0 Å². The summed E-state index contributed by atoms with van der Waals surface area (Å²) in [7, 11) is 0. The Morgan fingerprint density at radius 1 is 1.27 bits per heavy atom. The maximum atomic E-state index is 12.2. The van der Waals surface area contributed by atoms with Crippen molar-refractivity contribution in [3.05, 3.63) is 0 Å². The quantitative estimate of drug-likeness (QED) is 0.662. The molecule has 15 heavy (non-hydrogen) atoms. The van der Waals surface area contributed by atoms with Gasteiger partial charge in [0.05, 0.1) is 19.3 Å². The summed E-state index contributed by atoms with van der Waals surface area (Å²) in [6.45, 7) is 4.29. The Hall–Kier alpha value is -0.570. The summed E-state index contributed by atoms with van der Waals surface area (Å²) in [5.41, 5.74) is 0. The van der Waals surface area contributed by atoms with E-state index in [0.717, 1.165) is 19.4 Å². The maximum Gasteiger partial charge on any atom is 0.226 e. The summed E-state index contributed by atoms with van der Waals surface area (Å²) < 4.78 is 5.36. The highest BCUT2D eigenvalue weighted by Crippen LogP contribution is 2.26. The fourth-order valence-electron chi connectivity index (χ4n) is 2.64. The standard InChI is InChI=1S/C12H21NO2/c1-10-9-15-8-7-13(10)12(14)11-5-3-2-4-6-11/h10-11H,2-9H2,1H3. The number of hydrogen-bond donors (Lipinski definition) is 0. The molecule has 2 aliphatic rings. The number of hydrogen-bond acceptors (Lipinski definition) is 2. The largest absolute Gasteiger partial charge is 0.377 e. The van der Waals surface area contributed by atoms with E-state index in [1.54, 1.807) is 0 Å². The van der Waals surface area contributed by atoms with Crippen LogP contribution in [-0.2, 0) is 9.53 Å². The molecule has 0 aromatic heterocycles. The lowest BCUT2D eigenvalue weighted by atomic mass is 9.88. The molecule has 2 rings (SSSR count). The zero-order valence-electron chi connectivity index (χ0n) is 9.58. The molecule has 2 fully saturated rings. The smallest absolute Gasteiger partial charge is 0.226 e. The fourth-order valence-corrected chi connectivity index (χ4v) is 2.64. The third-order valence-corrected chi connectivity index (χ3v) is 3.61. The average molecular weight is 211 g/mol. The van der Waals surface area contributed by atoms with Crippen LogP contribution in [0.1, 0.15) is 39.0 Å². The van der Waals surface area contributed by atoms with Gasteiger partial charge in [0.1, 0.15) is 0 Å². The molecule has 0 N–H and O–H groups in total. The monoisotopic (exact) mass is 211 g/mol. The number of rotatable bonds is 1. The molecule has 86 valence electrons. The van der Waals surface area contributed by atoms with Crippen molar-refractivity contribution in [3.8, 4) is 0 Å². The zero-order valence-corrected chi connectivity index (χ0v) is 9.58. The van der Waals surface area contributed by atoms with E-state index < -0.39 is 0 Å². The molecule has 1 saturated carbocycles. The fraction of sp³-hybridized carbons (Fsp3) is 0.917. The molecule has 3 heteroatoms. The molecule has 3 nitrogen and oxygen atoms in total. The molecule has 1 unspecified atom stereocenters. The van der Waals surface area contributed by atoms with Crippen LogP contribution in [0.2, 0.25) is 0 Å². The summed E-state index contributed by atoms with van der Waals surface area (Å²) >= 11 is 0. The molecule has 1 amide bonds. The van der Waals surface area contributed by atoms with Crippen LogP contribution in [-0.4, -0.2) is 36.6 Å². The minimum atomic E-state index is 0.271. The van der Waals surface area contributed by atoms with Crippen LogP contribution in [0.25, 0.3) is 0 Å². The summed E-state index contributed by atoms with van der Waals surface area (Å²) in [4.78, 5) is 14.3. The normalized spacial score (nSPS) is 29.1. The van der Waals surface area contributed by atoms with Gasteiger partial charge in [0.15, 0.2) is 0 Å². The van der Waals surface area contributed by atoms with Gasteiger partial charge in [0, 0.05) is 12.5 Å². The Balaban J connectivity index is 1.92. The van der Waals surface area contributed by atoms with Crippen molar-refractivity contribution in [2.75, 3.05) is 19.8 Å². The molecule has 0 aromatic carbocycles. The van der Waals surface area contributed by atoms with E-state index in [-0.39, 0.29) is 6.04 Å². The first-order valence-electron chi connectivity index (χ1n) is 6.17. The van der Waals surface area contributed by atoms with Crippen LogP contribution in [0.5, 0.6) is 0 Å².